The number of esters is 1. The van der Waals surface area contributed by atoms with Crippen LogP contribution in [0.25, 0.3) is 0 Å². The number of benzene rings is 2. The van der Waals surface area contributed by atoms with Crippen LogP contribution in [0.1, 0.15) is 33.6 Å². The molecule has 2 aliphatic rings. The quantitative estimate of drug-likeness (QED) is 0.426. The van der Waals surface area contributed by atoms with Crippen molar-refractivity contribution in [3.63, 3.8) is 0 Å². The van der Waals surface area contributed by atoms with Crippen molar-refractivity contribution in [3.8, 4) is 5.75 Å². The molecule has 5 rings (SSSR count). The zero-order valence-corrected chi connectivity index (χ0v) is 19.9. The van der Waals surface area contributed by atoms with Crippen molar-refractivity contribution < 1.29 is 23.9 Å². The number of amides is 2. The van der Waals surface area contributed by atoms with Crippen molar-refractivity contribution >= 4 is 46.6 Å². The predicted molar refractivity (Wildman–Crippen MR) is 128 cm³/mol. The minimum atomic E-state index is -0.679. The fraction of sp³-hybridized carbons (Fsp3) is 0.250. The number of carbonyl (C=O) groups is 3. The van der Waals surface area contributed by atoms with Crippen LogP contribution < -0.4 is 14.5 Å². The second-order valence-electron chi connectivity index (χ2n) is 7.80. The van der Waals surface area contributed by atoms with E-state index in [2.05, 4.69) is 4.98 Å². The summed E-state index contributed by atoms with van der Waals surface area (Å²) in [7, 11) is 1.57. The summed E-state index contributed by atoms with van der Waals surface area (Å²) in [4.78, 5) is 55.8. The number of anilines is 1. The third-order valence-electron chi connectivity index (χ3n) is 5.94. The van der Waals surface area contributed by atoms with Crippen molar-refractivity contribution in [2.75, 3.05) is 18.6 Å². The first kappa shape index (κ1) is 22.4. The smallest absolute Gasteiger partial charge is 0.338 e. The molecule has 1 fully saturated rings. The number of hydrogen-bond acceptors (Lipinski definition) is 8. The molecule has 0 bridgehead atoms. The Hall–Kier alpha value is -3.37. The Labute approximate surface area is 202 Å². The average molecular weight is 497 g/mol. The highest BCUT2D eigenvalue weighted by molar-refractivity contribution is 8.00. The van der Waals surface area contributed by atoms with E-state index in [-0.39, 0.29) is 23.3 Å². The molecule has 8 nitrogen and oxygen atoms in total. The number of carbonyl (C=O) groups excluding carboxylic acids is 3. The Morgan fingerprint density at radius 1 is 1.03 bits per heavy atom. The van der Waals surface area contributed by atoms with E-state index in [0.29, 0.717) is 22.0 Å². The molecule has 1 aromatic heterocycles. The monoisotopic (exact) mass is 496 g/mol. The Kier molecular flexibility index (Phi) is 5.78. The van der Waals surface area contributed by atoms with Crippen LogP contribution in [-0.2, 0) is 14.3 Å². The number of methoxy groups -OCH3 is 1. The van der Waals surface area contributed by atoms with Gasteiger partial charge in [0.2, 0.25) is 11.8 Å². The van der Waals surface area contributed by atoms with Crippen molar-refractivity contribution in [1.29, 1.82) is 0 Å². The van der Waals surface area contributed by atoms with Gasteiger partial charge in [-0.2, -0.15) is 0 Å². The standard InChI is InChI=1S/C24H20N2O6S2/c1-3-32-23(29)13-4-8-14(9-5-13)26-21(27)17-16(12-6-10-15(31-2)11-7-12)18-20(25-24(30)34-18)33-19(17)22(26)28/h4-11,16-17,19H,3H2,1-2H3,(H,25,30). The molecular weight excluding hydrogens is 476 g/mol. The number of ether oxygens (including phenoxy) is 2. The summed E-state index contributed by atoms with van der Waals surface area (Å²) in [5.41, 5.74) is 1.56. The average Bonchev–Trinajstić information content (AvgIpc) is 3.34. The number of nitrogens with zero attached hydrogens (tertiary/aromatic N) is 1. The molecule has 3 heterocycles. The lowest BCUT2D eigenvalue weighted by molar-refractivity contribution is -0.122. The molecule has 0 aliphatic carbocycles. The van der Waals surface area contributed by atoms with Gasteiger partial charge in [0.1, 0.15) is 11.0 Å². The summed E-state index contributed by atoms with van der Waals surface area (Å²) < 4.78 is 10.3. The van der Waals surface area contributed by atoms with Gasteiger partial charge in [-0.15, -0.1) is 0 Å². The van der Waals surface area contributed by atoms with Crippen LogP contribution in [0.15, 0.2) is 58.4 Å². The molecule has 0 saturated carbocycles. The highest BCUT2D eigenvalue weighted by Gasteiger charge is 2.56. The van der Waals surface area contributed by atoms with Gasteiger partial charge < -0.3 is 14.5 Å². The van der Waals surface area contributed by atoms with Crippen LogP contribution in [-0.4, -0.2) is 41.7 Å². The minimum Gasteiger partial charge on any atom is -0.497 e. The maximum Gasteiger partial charge on any atom is 0.338 e. The maximum atomic E-state index is 13.7. The second kappa shape index (κ2) is 8.77. The molecule has 1 saturated heterocycles. The van der Waals surface area contributed by atoms with E-state index in [1.165, 1.54) is 28.8 Å². The Bertz CT molecular complexity index is 1330. The summed E-state index contributed by atoms with van der Waals surface area (Å²) in [6, 6.07) is 13.5. The number of aromatic amines is 1. The summed E-state index contributed by atoms with van der Waals surface area (Å²) >= 11 is 2.29. The zero-order chi connectivity index (χ0) is 24.0. The lowest BCUT2D eigenvalue weighted by Crippen LogP contribution is -2.32. The molecule has 2 aromatic carbocycles. The molecule has 0 radical (unpaired) electrons. The summed E-state index contributed by atoms with van der Waals surface area (Å²) in [5, 5.41) is -0.0557. The molecule has 3 atom stereocenters. The van der Waals surface area contributed by atoms with E-state index in [9.17, 15) is 19.2 Å². The third-order valence-corrected chi connectivity index (χ3v) is 8.34. The Balaban J connectivity index is 1.54. The van der Waals surface area contributed by atoms with Crippen molar-refractivity contribution in [2.24, 2.45) is 5.92 Å². The zero-order valence-electron chi connectivity index (χ0n) is 18.3. The Morgan fingerprint density at radius 3 is 2.38 bits per heavy atom. The highest BCUT2D eigenvalue weighted by atomic mass is 32.2. The molecule has 2 amide bonds. The number of thioether (sulfide) groups is 1. The lowest BCUT2D eigenvalue weighted by atomic mass is 9.83. The first-order valence-electron chi connectivity index (χ1n) is 10.6. The van der Waals surface area contributed by atoms with Gasteiger partial charge in [-0.1, -0.05) is 35.2 Å². The van der Waals surface area contributed by atoms with Crippen LogP contribution >= 0.6 is 23.1 Å². The number of thiazole rings is 1. The number of H-pyrrole nitrogens is 1. The van der Waals surface area contributed by atoms with Crippen LogP contribution in [0, 0.1) is 5.92 Å². The van der Waals surface area contributed by atoms with Gasteiger partial charge in [0, 0.05) is 10.8 Å². The second-order valence-corrected chi connectivity index (χ2v) is 9.97. The molecule has 2 aliphatic heterocycles. The molecule has 1 N–H and O–H groups in total. The molecule has 10 heteroatoms. The Morgan fingerprint density at radius 2 is 1.74 bits per heavy atom. The predicted octanol–water partition coefficient (Wildman–Crippen LogP) is 3.42. The number of fused-ring (bicyclic) bond motifs is 2. The first-order chi connectivity index (χ1) is 16.4. The van der Waals surface area contributed by atoms with Crippen LogP contribution in [0.2, 0.25) is 0 Å². The molecule has 34 heavy (non-hydrogen) atoms. The molecule has 3 aromatic rings. The van der Waals surface area contributed by atoms with Crippen LogP contribution in [0.3, 0.4) is 0 Å². The fourth-order valence-corrected chi connectivity index (χ4v) is 6.92. The summed E-state index contributed by atoms with van der Waals surface area (Å²) in [6.45, 7) is 1.97. The van der Waals surface area contributed by atoms with E-state index < -0.39 is 23.1 Å². The van der Waals surface area contributed by atoms with Gasteiger partial charge in [-0.05, 0) is 48.9 Å². The lowest BCUT2D eigenvalue weighted by Gasteiger charge is -2.29. The normalized spacial score (nSPS) is 21.2. The third kappa shape index (κ3) is 3.63. The van der Waals surface area contributed by atoms with Crippen molar-refractivity contribution in [2.45, 2.75) is 23.1 Å². The van der Waals surface area contributed by atoms with Gasteiger partial charge in [0.05, 0.1) is 35.9 Å². The van der Waals surface area contributed by atoms with Gasteiger partial charge in [-0.25, -0.2) is 9.69 Å². The summed E-state index contributed by atoms with van der Waals surface area (Å²) in [6.07, 6.45) is 0. The van der Waals surface area contributed by atoms with E-state index in [4.69, 9.17) is 9.47 Å². The van der Waals surface area contributed by atoms with Gasteiger partial charge in [-0.3, -0.25) is 14.4 Å². The highest BCUT2D eigenvalue weighted by Crippen LogP contribution is 2.53. The topological polar surface area (TPSA) is 106 Å². The van der Waals surface area contributed by atoms with Gasteiger partial charge >= 0.3 is 10.8 Å². The number of hydrogen-bond donors (Lipinski definition) is 1. The van der Waals surface area contributed by atoms with E-state index >= 15 is 0 Å². The van der Waals surface area contributed by atoms with Crippen molar-refractivity contribution in [1.82, 2.24) is 4.98 Å². The first-order valence-corrected chi connectivity index (χ1v) is 12.3. The maximum absolute atomic E-state index is 13.7. The summed E-state index contributed by atoms with van der Waals surface area (Å²) in [5.74, 6) is -1.60. The number of rotatable bonds is 5. The molecule has 174 valence electrons. The van der Waals surface area contributed by atoms with E-state index in [0.717, 1.165) is 21.8 Å². The number of aromatic nitrogens is 1. The molecule has 0 spiro atoms. The largest absolute Gasteiger partial charge is 0.497 e. The molecular formula is C24H20N2O6S2. The van der Waals surface area contributed by atoms with Gasteiger partial charge in [0.15, 0.2) is 0 Å². The van der Waals surface area contributed by atoms with Crippen molar-refractivity contribution in [3.05, 3.63) is 74.2 Å². The number of imide groups is 1. The van der Waals surface area contributed by atoms with Crippen LogP contribution in [0.4, 0.5) is 5.69 Å². The van der Waals surface area contributed by atoms with E-state index in [1.54, 1.807) is 38.3 Å². The fourth-order valence-electron chi connectivity index (χ4n) is 4.40. The van der Waals surface area contributed by atoms with Gasteiger partial charge in [0.25, 0.3) is 0 Å². The molecule has 3 unspecified atom stereocenters. The van der Waals surface area contributed by atoms with Crippen LogP contribution in [0.5, 0.6) is 5.75 Å². The van der Waals surface area contributed by atoms with E-state index in [1.807, 2.05) is 12.1 Å². The number of nitrogens with one attached hydrogen (secondary N) is 1. The minimum absolute atomic E-state index is 0.220. The SMILES string of the molecule is CCOC(=O)c1ccc(N2C(=O)C3Sc4[nH]c(=O)sc4C(c4ccc(OC)cc4)C3C2=O)cc1.